The first-order valence-corrected chi connectivity index (χ1v) is 21.1. The summed E-state index contributed by atoms with van der Waals surface area (Å²) in [7, 11) is 0. The number of hydrogen-bond donors (Lipinski definition) is 0. The van der Waals surface area contributed by atoms with Gasteiger partial charge < -0.3 is 0 Å². The Balaban J connectivity index is 0.00000125. The number of para-hydroxylation sites is 1. The fourth-order valence-electron chi connectivity index (χ4n) is 9.35. The number of nitrogens with zero attached hydrogens (tertiary/aromatic N) is 3. The topological polar surface area (TPSA) is 30.7 Å². The molecule has 0 unspecified atom stereocenters. The Morgan fingerprint density at radius 2 is 1.21 bits per heavy atom. The van der Waals surface area contributed by atoms with E-state index in [-0.39, 0.29) is 5.41 Å². The van der Waals surface area contributed by atoms with Gasteiger partial charge in [-0.3, -0.25) is 4.57 Å². The monoisotopic (exact) mass is 763 g/mol. The second kappa shape index (κ2) is 13.2. The van der Waals surface area contributed by atoms with Gasteiger partial charge in [0.15, 0.2) is 0 Å². The summed E-state index contributed by atoms with van der Waals surface area (Å²) >= 11 is 1.77. The molecule has 0 N–H and O–H groups in total. The van der Waals surface area contributed by atoms with Crippen LogP contribution in [0.1, 0.15) is 45.2 Å². The summed E-state index contributed by atoms with van der Waals surface area (Å²) in [6.45, 7) is 8.97. The van der Waals surface area contributed by atoms with Gasteiger partial charge in [-0.2, -0.15) is 0 Å². The van der Waals surface area contributed by atoms with Crippen LogP contribution < -0.4 is 0 Å². The summed E-state index contributed by atoms with van der Waals surface area (Å²) in [5.41, 5.74) is 12.9. The van der Waals surface area contributed by atoms with E-state index < -0.39 is 0 Å². The highest BCUT2D eigenvalue weighted by molar-refractivity contribution is 7.26. The molecular weight excluding hydrogens is 723 g/mol. The number of hydrogen-bond acceptors (Lipinski definition) is 3. The van der Waals surface area contributed by atoms with Gasteiger partial charge in [0.25, 0.3) is 0 Å². The lowest BCUT2D eigenvalue weighted by Crippen LogP contribution is -2.14. The molecule has 3 heterocycles. The maximum absolute atomic E-state index is 5.53. The number of fused-ring (bicyclic) bond motifs is 12. The molecule has 0 spiro atoms. The van der Waals surface area contributed by atoms with Crippen molar-refractivity contribution in [2.45, 2.75) is 39.5 Å². The van der Waals surface area contributed by atoms with Gasteiger partial charge in [-0.05, 0) is 73.6 Å². The van der Waals surface area contributed by atoms with Crippen molar-refractivity contribution in [3.8, 4) is 39.5 Å². The Morgan fingerprint density at radius 3 is 2.02 bits per heavy atom. The van der Waals surface area contributed by atoms with Crippen LogP contribution >= 0.6 is 11.3 Å². The maximum Gasteiger partial charge on any atom is 0.235 e. The van der Waals surface area contributed by atoms with Crippen molar-refractivity contribution in [3.05, 3.63) is 175 Å². The molecular formula is C54H41N3S. The van der Waals surface area contributed by atoms with Gasteiger partial charge in [0.1, 0.15) is 0 Å². The van der Waals surface area contributed by atoms with E-state index in [1.54, 1.807) is 11.3 Å². The van der Waals surface area contributed by atoms with Crippen molar-refractivity contribution in [2.75, 3.05) is 0 Å². The summed E-state index contributed by atoms with van der Waals surface area (Å²) in [4.78, 5) is 11.0. The number of thiophene rings is 1. The Labute approximate surface area is 341 Å². The standard InChI is InChI=1S/C51H33N3S.C3H8/c1-51(2)41-25-24-34(28-40(41)45-35-18-9-8-13-30(35)23-26-42(45)51)36-20-12-21-37-39-27-32-16-6-7-17-33(32)29-43(39)54(48(36)37)50-52-46(31-14-4-3-5-15-31)49-47(53-50)38-19-10-11-22-44(38)55-49;1-3-2/h3-29H,1-2H3;3H2,1-2H3. The van der Waals surface area contributed by atoms with E-state index >= 15 is 0 Å². The predicted octanol–water partition coefficient (Wildman–Crippen LogP) is 15.3. The van der Waals surface area contributed by atoms with Crippen LogP contribution in [0.15, 0.2) is 164 Å². The van der Waals surface area contributed by atoms with E-state index in [2.05, 4.69) is 196 Å². The van der Waals surface area contributed by atoms with Crippen molar-refractivity contribution >= 4 is 75.0 Å². The summed E-state index contributed by atoms with van der Waals surface area (Å²) in [5, 5.41) is 8.51. The quantitative estimate of drug-likeness (QED) is 0.179. The molecule has 0 aliphatic heterocycles. The van der Waals surface area contributed by atoms with Gasteiger partial charge in [-0.15, -0.1) is 11.3 Å². The highest BCUT2D eigenvalue weighted by atomic mass is 32.1. The molecule has 11 aromatic rings. The first-order chi connectivity index (χ1) is 28.4. The Morgan fingerprint density at radius 1 is 0.534 bits per heavy atom. The van der Waals surface area contributed by atoms with Gasteiger partial charge in [-0.25, -0.2) is 9.97 Å². The third kappa shape index (κ3) is 5.11. The molecule has 0 amide bonds. The van der Waals surface area contributed by atoms with Crippen molar-refractivity contribution in [3.63, 3.8) is 0 Å². The molecule has 0 bridgehead atoms. The second-order valence-electron chi connectivity index (χ2n) is 16.1. The molecule has 0 radical (unpaired) electrons. The van der Waals surface area contributed by atoms with Crippen LogP contribution in [0.2, 0.25) is 0 Å². The molecule has 4 heteroatoms. The molecule has 1 aliphatic carbocycles. The molecule has 58 heavy (non-hydrogen) atoms. The summed E-state index contributed by atoms with van der Waals surface area (Å²) in [6.07, 6.45) is 1.25. The lowest BCUT2D eigenvalue weighted by Gasteiger charge is -2.21. The lowest BCUT2D eigenvalue weighted by atomic mass is 9.82. The molecule has 3 aromatic heterocycles. The molecule has 12 rings (SSSR count). The molecule has 1 aliphatic rings. The summed E-state index contributed by atoms with van der Waals surface area (Å²) in [6, 6.07) is 59.8. The molecule has 8 aromatic carbocycles. The van der Waals surface area contributed by atoms with Crippen molar-refractivity contribution in [1.82, 2.24) is 14.5 Å². The largest absolute Gasteiger partial charge is 0.277 e. The van der Waals surface area contributed by atoms with Crippen LogP contribution in [0, 0.1) is 0 Å². The minimum Gasteiger partial charge on any atom is -0.277 e. The summed E-state index contributed by atoms with van der Waals surface area (Å²) < 4.78 is 4.66. The van der Waals surface area contributed by atoms with Crippen LogP contribution in [0.5, 0.6) is 0 Å². The third-order valence-corrected chi connectivity index (χ3v) is 13.2. The normalized spacial score (nSPS) is 13.0. The van der Waals surface area contributed by atoms with Crippen LogP contribution in [0.4, 0.5) is 0 Å². The highest BCUT2D eigenvalue weighted by Crippen LogP contribution is 2.53. The van der Waals surface area contributed by atoms with E-state index in [4.69, 9.17) is 9.97 Å². The van der Waals surface area contributed by atoms with Gasteiger partial charge >= 0.3 is 0 Å². The van der Waals surface area contributed by atoms with Gasteiger partial charge in [0, 0.05) is 37.4 Å². The Hall–Kier alpha value is -6.62. The van der Waals surface area contributed by atoms with E-state index in [0.29, 0.717) is 5.95 Å². The molecule has 278 valence electrons. The third-order valence-electron chi connectivity index (χ3n) is 12.0. The lowest BCUT2D eigenvalue weighted by molar-refractivity contribution is 0.661. The van der Waals surface area contributed by atoms with E-state index in [0.717, 1.165) is 43.5 Å². The molecule has 0 atom stereocenters. The van der Waals surface area contributed by atoms with Crippen molar-refractivity contribution in [1.29, 1.82) is 0 Å². The van der Waals surface area contributed by atoms with E-state index in [9.17, 15) is 0 Å². The van der Waals surface area contributed by atoms with Crippen LogP contribution in [-0.4, -0.2) is 14.5 Å². The zero-order valence-electron chi connectivity index (χ0n) is 33.0. The van der Waals surface area contributed by atoms with Gasteiger partial charge in [0.2, 0.25) is 5.95 Å². The first-order valence-electron chi connectivity index (χ1n) is 20.3. The molecule has 3 nitrogen and oxygen atoms in total. The van der Waals surface area contributed by atoms with Gasteiger partial charge in [-0.1, -0.05) is 174 Å². The number of benzene rings is 8. The minimum atomic E-state index is -0.103. The highest BCUT2D eigenvalue weighted by Gasteiger charge is 2.36. The number of aromatic nitrogens is 3. The van der Waals surface area contributed by atoms with Crippen LogP contribution in [0.3, 0.4) is 0 Å². The SMILES string of the molecule is CC1(C)c2ccc(-c3cccc4c5cc6ccccc6cc5n(-c5nc(-c6ccccc6)c6sc7ccccc7c6n5)c34)cc2-c2c1ccc1ccccc21.CCC. The van der Waals surface area contributed by atoms with E-state index in [1.165, 1.54) is 71.3 Å². The van der Waals surface area contributed by atoms with Crippen LogP contribution in [-0.2, 0) is 5.41 Å². The average molecular weight is 764 g/mol. The zero-order valence-corrected chi connectivity index (χ0v) is 33.9. The fraction of sp³-hybridized carbons (Fsp3) is 0.111. The van der Waals surface area contributed by atoms with E-state index in [1.807, 2.05) is 0 Å². The number of rotatable bonds is 3. The average Bonchev–Trinajstić information content (AvgIpc) is 3.88. The smallest absolute Gasteiger partial charge is 0.235 e. The van der Waals surface area contributed by atoms with Gasteiger partial charge in [0.05, 0.1) is 26.9 Å². The molecule has 0 saturated heterocycles. The molecule has 0 saturated carbocycles. The fourth-order valence-corrected chi connectivity index (χ4v) is 10.5. The zero-order chi connectivity index (χ0) is 39.1. The second-order valence-corrected chi connectivity index (χ2v) is 17.1. The van der Waals surface area contributed by atoms with Crippen molar-refractivity contribution < 1.29 is 0 Å². The predicted molar refractivity (Wildman–Crippen MR) is 249 cm³/mol. The molecule has 0 fully saturated rings. The maximum atomic E-state index is 5.53. The first kappa shape index (κ1) is 34.6. The van der Waals surface area contributed by atoms with Crippen molar-refractivity contribution in [2.24, 2.45) is 0 Å². The summed E-state index contributed by atoms with van der Waals surface area (Å²) in [5.74, 6) is 0.677. The minimum absolute atomic E-state index is 0.103. The van der Waals surface area contributed by atoms with Crippen LogP contribution in [0.25, 0.3) is 103 Å². The Bertz CT molecular complexity index is 3420. The Kier molecular flexibility index (Phi) is 7.89.